The second kappa shape index (κ2) is 6.17. The van der Waals surface area contributed by atoms with Gasteiger partial charge < -0.3 is 10.5 Å². The Bertz CT molecular complexity index is 230. The van der Waals surface area contributed by atoms with Crippen LogP contribution >= 0.6 is 0 Å². The Morgan fingerprint density at radius 2 is 2.00 bits per heavy atom. The highest BCUT2D eigenvalue weighted by atomic mass is 16.5. The van der Waals surface area contributed by atoms with Crippen molar-refractivity contribution in [3.63, 3.8) is 0 Å². The van der Waals surface area contributed by atoms with Crippen molar-refractivity contribution in [1.82, 2.24) is 4.90 Å². The Balaban J connectivity index is 2.62. The molecular formula is C14H30N2O. The molecule has 1 aliphatic heterocycles. The Morgan fingerprint density at radius 3 is 2.59 bits per heavy atom. The van der Waals surface area contributed by atoms with Crippen LogP contribution in [0, 0.1) is 5.41 Å². The molecule has 0 spiro atoms. The van der Waals surface area contributed by atoms with Gasteiger partial charge in [-0.3, -0.25) is 4.90 Å². The average molecular weight is 242 g/mol. The standard InChI is InChI=1S/C14H30N2O/c1-13(2)6-5-9-16(10-7-13)14(3,12-15)8-11-17-4/h5-12,15H2,1-4H3. The third-order valence-electron chi connectivity index (χ3n) is 4.39. The summed E-state index contributed by atoms with van der Waals surface area (Å²) < 4.78 is 5.22. The minimum absolute atomic E-state index is 0.108. The van der Waals surface area contributed by atoms with E-state index in [2.05, 4.69) is 25.7 Å². The molecule has 1 fully saturated rings. The lowest BCUT2D eigenvalue weighted by atomic mass is 9.85. The number of nitrogens with two attached hydrogens (primary N) is 1. The summed E-state index contributed by atoms with van der Waals surface area (Å²) in [6, 6.07) is 0. The van der Waals surface area contributed by atoms with E-state index in [4.69, 9.17) is 10.5 Å². The summed E-state index contributed by atoms with van der Waals surface area (Å²) in [5.41, 5.74) is 6.60. The maximum absolute atomic E-state index is 6.00. The van der Waals surface area contributed by atoms with Gasteiger partial charge in [0.15, 0.2) is 0 Å². The summed E-state index contributed by atoms with van der Waals surface area (Å²) in [4.78, 5) is 2.58. The van der Waals surface area contributed by atoms with E-state index < -0.39 is 0 Å². The first-order valence-corrected chi connectivity index (χ1v) is 6.88. The van der Waals surface area contributed by atoms with E-state index in [1.807, 2.05) is 0 Å². The van der Waals surface area contributed by atoms with Crippen molar-refractivity contribution in [3.8, 4) is 0 Å². The minimum atomic E-state index is 0.108. The largest absolute Gasteiger partial charge is 0.385 e. The van der Waals surface area contributed by atoms with Crippen molar-refractivity contribution in [2.45, 2.75) is 52.0 Å². The van der Waals surface area contributed by atoms with E-state index in [1.165, 1.54) is 32.4 Å². The topological polar surface area (TPSA) is 38.5 Å². The highest BCUT2D eigenvalue weighted by Crippen LogP contribution is 2.32. The van der Waals surface area contributed by atoms with Gasteiger partial charge in [0.1, 0.15) is 0 Å². The summed E-state index contributed by atoms with van der Waals surface area (Å²) in [6.07, 6.45) is 4.92. The molecular weight excluding hydrogens is 212 g/mol. The van der Waals surface area contributed by atoms with Crippen LogP contribution < -0.4 is 5.73 Å². The fourth-order valence-electron chi connectivity index (χ4n) is 2.67. The van der Waals surface area contributed by atoms with Crippen LogP contribution in [0.25, 0.3) is 0 Å². The molecule has 3 nitrogen and oxygen atoms in total. The Kier molecular flexibility index (Phi) is 5.42. The van der Waals surface area contributed by atoms with Gasteiger partial charge in [-0.1, -0.05) is 13.8 Å². The lowest BCUT2D eigenvalue weighted by molar-refractivity contribution is 0.0689. The number of nitrogens with zero attached hydrogens (tertiary/aromatic N) is 1. The smallest absolute Gasteiger partial charge is 0.0480 e. The third-order valence-corrected chi connectivity index (χ3v) is 4.39. The predicted molar refractivity (Wildman–Crippen MR) is 73.2 cm³/mol. The van der Waals surface area contributed by atoms with Crippen LogP contribution in [0.3, 0.4) is 0 Å². The molecule has 0 aromatic heterocycles. The van der Waals surface area contributed by atoms with Gasteiger partial charge >= 0.3 is 0 Å². The van der Waals surface area contributed by atoms with Gasteiger partial charge in [0.2, 0.25) is 0 Å². The minimum Gasteiger partial charge on any atom is -0.385 e. The van der Waals surface area contributed by atoms with Crippen LogP contribution in [0.2, 0.25) is 0 Å². The highest BCUT2D eigenvalue weighted by molar-refractivity contribution is 4.90. The Hall–Kier alpha value is -0.120. The normalized spacial score (nSPS) is 25.2. The summed E-state index contributed by atoms with van der Waals surface area (Å²) in [6.45, 7) is 10.9. The number of likely N-dealkylation sites (tertiary alicyclic amines) is 1. The molecule has 0 aromatic carbocycles. The van der Waals surface area contributed by atoms with Crippen molar-refractivity contribution < 1.29 is 4.74 Å². The molecule has 1 atom stereocenters. The molecule has 0 radical (unpaired) electrons. The van der Waals surface area contributed by atoms with Crippen molar-refractivity contribution in [2.24, 2.45) is 11.1 Å². The summed E-state index contributed by atoms with van der Waals surface area (Å²) in [5, 5.41) is 0. The van der Waals surface area contributed by atoms with Crippen molar-refractivity contribution >= 4 is 0 Å². The quantitative estimate of drug-likeness (QED) is 0.803. The lowest BCUT2D eigenvalue weighted by Crippen LogP contribution is -2.52. The molecule has 1 aliphatic rings. The van der Waals surface area contributed by atoms with E-state index in [0.29, 0.717) is 5.41 Å². The van der Waals surface area contributed by atoms with Gasteiger partial charge in [0.05, 0.1) is 0 Å². The van der Waals surface area contributed by atoms with E-state index in [0.717, 1.165) is 19.6 Å². The summed E-state index contributed by atoms with van der Waals surface area (Å²) in [5.74, 6) is 0. The molecule has 0 saturated carbocycles. The molecule has 0 aliphatic carbocycles. The molecule has 0 aromatic rings. The fourth-order valence-corrected chi connectivity index (χ4v) is 2.67. The number of ether oxygens (including phenoxy) is 1. The molecule has 1 saturated heterocycles. The van der Waals surface area contributed by atoms with Gasteiger partial charge in [0.25, 0.3) is 0 Å². The first-order valence-electron chi connectivity index (χ1n) is 6.88. The summed E-state index contributed by atoms with van der Waals surface area (Å²) in [7, 11) is 1.77. The van der Waals surface area contributed by atoms with Gasteiger partial charge in [-0.25, -0.2) is 0 Å². The van der Waals surface area contributed by atoms with Gasteiger partial charge in [-0.2, -0.15) is 0 Å². The first-order chi connectivity index (χ1) is 7.93. The first kappa shape index (κ1) is 14.9. The van der Waals surface area contributed by atoms with Crippen molar-refractivity contribution in [3.05, 3.63) is 0 Å². The zero-order chi connectivity index (χ0) is 12.9. The van der Waals surface area contributed by atoms with Crippen LogP contribution in [-0.4, -0.2) is 43.8 Å². The SMILES string of the molecule is COCCC(C)(CN)N1CCCC(C)(C)CC1. The Labute approximate surface area is 107 Å². The molecule has 1 rings (SSSR count). The molecule has 17 heavy (non-hydrogen) atoms. The molecule has 0 bridgehead atoms. The predicted octanol–water partition coefficient (Wildman–Crippen LogP) is 2.25. The second-order valence-corrected chi connectivity index (χ2v) is 6.45. The lowest BCUT2D eigenvalue weighted by Gasteiger charge is -2.40. The molecule has 1 unspecified atom stereocenters. The van der Waals surface area contributed by atoms with Crippen LogP contribution in [0.1, 0.15) is 46.5 Å². The molecule has 2 N–H and O–H groups in total. The van der Waals surface area contributed by atoms with Crippen LogP contribution in [0.5, 0.6) is 0 Å². The van der Waals surface area contributed by atoms with E-state index >= 15 is 0 Å². The highest BCUT2D eigenvalue weighted by Gasteiger charge is 2.33. The third kappa shape index (κ3) is 4.23. The molecule has 1 heterocycles. The summed E-state index contributed by atoms with van der Waals surface area (Å²) >= 11 is 0. The van der Waals surface area contributed by atoms with Crippen molar-refractivity contribution in [2.75, 3.05) is 33.4 Å². The van der Waals surface area contributed by atoms with Crippen LogP contribution in [0.15, 0.2) is 0 Å². The maximum Gasteiger partial charge on any atom is 0.0480 e. The zero-order valence-electron chi connectivity index (χ0n) is 12.1. The number of hydrogen-bond donors (Lipinski definition) is 1. The fraction of sp³-hybridized carbons (Fsp3) is 1.00. The number of methoxy groups -OCH3 is 1. The van der Waals surface area contributed by atoms with Gasteiger partial charge in [-0.15, -0.1) is 0 Å². The van der Waals surface area contributed by atoms with E-state index in [1.54, 1.807) is 7.11 Å². The molecule has 0 amide bonds. The maximum atomic E-state index is 6.00. The number of rotatable bonds is 5. The second-order valence-electron chi connectivity index (χ2n) is 6.45. The van der Waals surface area contributed by atoms with Crippen LogP contribution in [-0.2, 0) is 4.74 Å². The molecule has 3 heteroatoms. The van der Waals surface area contributed by atoms with Crippen LogP contribution in [0.4, 0.5) is 0 Å². The van der Waals surface area contributed by atoms with Gasteiger partial charge in [0, 0.05) is 25.8 Å². The molecule has 102 valence electrons. The Morgan fingerprint density at radius 1 is 1.29 bits per heavy atom. The van der Waals surface area contributed by atoms with E-state index in [-0.39, 0.29) is 5.54 Å². The van der Waals surface area contributed by atoms with Gasteiger partial charge in [-0.05, 0) is 51.1 Å². The van der Waals surface area contributed by atoms with Crippen molar-refractivity contribution in [1.29, 1.82) is 0 Å². The monoisotopic (exact) mass is 242 g/mol. The van der Waals surface area contributed by atoms with E-state index in [9.17, 15) is 0 Å². The zero-order valence-corrected chi connectivity index (χ0v) is 12.1. The number of hydrogen-bond acceptors (Lipinski definition) is 3. The average Bonchev–Trinajstić information content (AvgIpc) is 2.47.